The second-order valence-electron chi connectivity index (χ2n) is 5.65. The first-order valence-corrected chi connectivity index (χ1v) is 9.04. The molecule has 0 radical (unpaired) electrons. The van der Waals surface area contributed by atoms with Crippen LogP contribution in [0.1, 0.15) is 28.5 Å². The Morgan fingerprint density at radius 3 is 2.92 bits per heavy atom. The Morgan fingerprint density at radius 2 is 2.15 bits per heavy atom. The van der Waals surface area contributed by atoms with Crippen molar-refractivity contribution in [1.29, 1.82) is 0 Å². The van der Waals surface area contributed by atoms with Crippen LogP contribution in [0.15, 0.2) is 53.3 Å². The van der Waals surface area contributed by atoms with Crippen LogP contribution in [-0.2, 0) is 6.54 Å². The SMILES string of the molecule is CCOc1cc(CNC(=O)c2cnn(-c3cccc(Br)c3)c2C)ccn1. The van der Waals surface area contributed by atoms with Gasteiger partial charge in [0.25, 0.3) is 5.91 Å². The number of hydrogen-bond acceptors (Lipinski definition) is 4. The van der Waals surface area contributed by atoms with Crippen molar-refractivity contribution in [3.63, 3.8) is 0 Å². The van der Waals surface area contributed by atoms with E-state index in [2.05, 4.69) is 31.3 Å². The molecule has 3 aromatic rings. The zero-order valence-electron chi connectivity index (χ0n) is 14.6. The Kier molecular flexibility index (Phi) is 5.68. The molecule has 2 heterocycles. The molecule has 1 N–H and O–H groups in total. The molecule has 0 aliphatic rings. The molecule has 26 heavy (non-hydrogen) atoms. The molecule has 0 unspecified atom stereocenters. The van der Waals surface area contributed by atoms with E-state index >= 15 is 0 Å². The molecule has 3 rings (SSSR count). The Bertz CT molecular complexity index is 923. The van der Waals surface area contributed by atoms with Gasteiger partial charge in [-0.15, -0.1) is 0 Å². The molecule has 0 spiro atoms. The number of nitrogens with zero attached hydrogens (tertiary/aromatic N) is 3. The Hall–Kier alpha value is -2.67. The summed E-state index contributed by atoms with van der Waals surface area (Å²) in [7, 11) is 0. The van der Waals surface area contributed by atoms with Gasteiger partial charge in [0.1, 0.15) is 0 Å². The van der Waals surface area contributed by atoms with E-state index in [9.17, 15) is 4.79 Å². The first-order valence-electron chi connectivity index (χ1n) is 8.25. The number of hydrogen-bond donors (Lipinski definition) is 1. The fourth-order valence-corrected chi connectivity index (χ4v) is 2.95. The average Bonchev–Trinajstić information content (AvgIpc) is 3.02. The van der Waals surface area contributed by atoms with Crippen molar-refractivity contribution in [3.05, 3.63) is 70.1 Å². The van der Waals surface area contributed by atoms with Crippen LogP contribution in [0, 0.1) is 6.92 Å². The number of carbonyl (C=O) groups excluding carboxylic acids is 1. The highest BCUT2D eigenvalue weighted by molar-refractivity contribution is 9.10. The first kappa shape index (κ1) is 18.1. The number of pyridine rings is 1. The minimum Gasteiger partial charge on any atom is -0.478 e. The van der Waals surface area contributed by atoms with E-state index in [1.54, 1.807) is 17.1 Å². The lowest BCUT2D eigenvalue weighted by molar-refractivity contribution is 0.0950. The predicted octanol–water partition coefficient (Wildman–Crippen LogP) is 3.67. The summed E-state index contributed by atoms with van der Waals surface area (Å²) in [6.45, 7) is 4.73. The molecule has 1 amide bonds. The molecule has 0 aliphatic heterocycles. The van der Waals surface area contributed by atoms with Crippen molar-refractivity contribution in [2.45, 2.75) is 20.4 Å². The van der Waals surface area contributed by atoms with E-state index in [-0.39, 0.29) is 5.91 Å². The van der Waals surface area contributed by atoms with Crippen molar-refractivity contribution in [2.75, 3.05) is 6.61 Å². The smallest absolute Gasteiger partial charge is 0.255 e. The van der Waals surface area contributed by atoms with E-state index in [1.807, 2.05) is 50.2 Å². The van der Waals surface area contributed by atoms with Gasteiger partial charge in [-0.25, -0.2) is 9.67 Å². The molecular formula is C19H19BrN4O2. The number of nitrogens with one attached hydrogen (secondary N) is 1. The third-order valence-electron chi connectivity index (χ3n) is 3.85. The van der Waals surface area contributed by atoms with Crippen LogP contribution < -0.4 is 10.1 Å². The van der Waals surface area contributed by atoms with Gasteiger partial charge in [-0.05, 0) is 43.7 Å². The maximum absolute atomic E-state index is 12.5. The predicted molar refractivity (Wildman–Crippen MR) is 103 cm³/mol. The highest BCUT2D eigenvalue weighted by Crippen LogP contribution is 2.18. The molecule has 0 aliphatic carbocycles. The number of aromatic nitrogens is 3. The van der Waals surface area contributed by atoms with Crippen LogP contribution >= 0.6 is 15.9 Å². The maximum Gasteiger partial charge on any atom is 0.255 e. The van der Waals surface area contributed by atoms with E-state index < -0.39 is 0 Å². The molecule has 2 aromatic heterocycles. The molecular weight excluding hydrogens is 396 g/mol. The minimum atomic E-state index is -0.168. The Labute approximate surface area is 160 Å². The average molecular weight is 415 g/mol. The van der Waals surface area contributed by atoms with E-state index in [0.717, 1.165) is 21.4 Å². The van der Waals surface area contributed by atoms with Gasteiger partial charge < -0.3 is 10.1 Å². The van der Waals surface area contributed by atoms with Gasteiger partial charge in [0.15, 0.2) is 0 Å². The molecule has 0 atom stereocenters. The standard InChI is InChI=1S/C19H19BrN4O2/c1-3-26-18-9-14(7-8-21-18)11-22-19(25)17-12-23-24(13(17)2)16-6-4-5-15(20)10-16/h4-10,12H,3,11H2,1-2H3,(H,22,25). The topological polar surface area (TPSA) is 69.0 Å². The third-order valence-corrected chi connectivity index (χ3v) is 4.34. The number of halogens is 1. The van der Waals surface area contributed by atoms with Gasteiger partial charge in [-0.2, -0.15) is 5.10 Å². The van der Waals surface area contributed by atoms with Gasteiger partial charge in [0.2, 0.25) is 5.88 Å². The molecule has 134 valence electrons. The van der Waals surface area contributed by atoms with Crippen molar-refractivity contribution in [2.24, 2.45) is 0 Å². The summed E-state index contributed by atoms with van der Waals surface area (Å²) in [6, 6.07) is 11.4. The van der Waals surface area contributed by atoms with Gasteiger partial charge in [0.05, 0.1) is 29.7 Å². The van der Waals surface area contributed by atoms with Crippen LogP contribution in [0.5, 0.6) is 5.88 Å². The fourth-order valence-electron chi connectivity index (χ4n) is 2.57. The Morgan fingerprint density at radius 1 is 1.31 bits per heavy atom. The summed E-state index contributed by atoms with van der Waals surface area (Å²) in [5.41, 5.74) is 3.15. The largest absolute Gasteiger partial charge is 0.478 e. The van der Waals surface area contributed by atoms with Gasteiger partial charge >= 0.3 is 0 Å². The van der Waals surface area contributed by atoms with Crippen molar-refractivity contribution in [1.82, 2.24) is 20.1 Å². The maximum atomic E-state index is 12.5. The summed E-state index contributed by atoms with van der Waals surface area (Å²) >= 11 is 3.45. The summed E-state index contributed by atoms with van der Waals surface area (Å²) in [6.07, 6.45) is 3.26. The van der Waals surface area contributed by atoms with Crippen LogP contribution in [-0.4, -0.2) is 27.3 Å². The van der Waals surface area contributed by atoms with Crippen LogP contribution in [0.2, 0.25) is 0 Å². The summed E-state index contributed by atoms with van der Waals surface area (Å²) in [5.74, 6) is 0.386. The quantitative estimate of drug-likeness (QED) is 0.667. The number of ether oxygens (including phenoxy) is 1. The second-order valence-corrected chi connectivity index (χ2v) is 6.57. The number of carbonyl (C=O) groups is 1. The third kappa shape index (κ3) is 4.11. The summed E-state index contributed by atoms with van der Waals surface area (Å²) in [4.78, 5) is 16.7. The van der Waals surface area contributed by atoms with Crippen molar-refractivity contribution < 1.29 is 9.53 Å². The lowest BCUT2D eigenvalue weighted by atomic mass is 10.2. The number of rotatable bonds is 6. The molecule has 6 nitrogen and oxygen atoms in total. The molecule has 1 aromatic carbocycles. The van der Waals surface area contributed by atoms with Crippen LogP contribution in [0.4, 0.5) is 0 Å². The fraction of sp³-hybridized carbons (Fsp3) is 0.211. The lowest BCUT2D eigenvalue weighted by Gasteiger charge is -2.08. The second kappa shape index (κ2) is 8.14. The van der Waals surface area contributed by atoms with Gasteiger partial charge in [-0.1, -0.05) is 22.0 Å². The highest BCUT2D eigenvalue weighted by atomic mass is 79.9. The van der Waals surface area contributed by atoms with Crippen LogP contribution in [0.3, 0.4) is 0 Å². The van der Waals surface area contributed by atoms with E-state index in [0.29, 0.717) is 24.6 Å². The molecule has 0 fully saturated rings. The minimum absolute atomic E-state index is 0.168. The highest BCUT2D eigenvalue weighted by Gasteiger charge is 2.15. The number of amides is 1. The molecule has 0 saturated heterocycles. The molecule has 7 heteroatoms. The van der Waals surface area contributed by atoms with Gasteiger partial charge in [0, 0.05) is 23.3 Å². The summed E-state index contributed by atoms with van der Waals surface area (Å²) < 4.78 is 8.08. The van der Waals surface area contributed by atoms with Crippen molar-refractivity contribution >= 4 is 21.8 Å². The number of benzene rings is 1. The van der Waals surface area contributed by atoms with Crippen LogP contribution in [0.25, 0.3) is 5.69 Å². The zero-order chi connectivity index (χ0) is 18.5. The summed E-state index contributed by atoms with van der Waals surface area (Å²) in [5, 5.41) is 7.26. The normalized spacial score (nSPS) is 10.6. The van der Waals surface area contributed by atoms with E-state index in [1.165, 1.54) is 0 Å². The molecule has 0 bridgehead atoms. The zero-order valence-corrected chi connectivity index (χ0v) is 16.2. The monoisotopic (exact) mass is 414 g/mol. The van der Waals surface area contributed by atoms with Crippen molar-refractivity contribution in [3.8, 4) is 11.6 Å². The molecule has 0 saturated carbocycles. The lowest BCUT2D eigenvalue weighted by Crippen LogP contribution is -2.23. The van der Waals surface area contributed by atoms with Gasteiger partial charge in [-0.3, -0.25) is 4.79 Å². The Balaban J connectivity index is 1.72. The van der Waals surface area contributed by atoms with E-state index in [4.69, 9.17) is 4.74 Å². The first-order chi connectivity index (χ1) is 12.6.